The van der Waals surface area contributed by atoms with E-state index in [1.54, 1.807) is 0 Å². The van der Waals surface area contributed by atoms with Crippen LogP contribution < -0.4 is 4.90 Å². The van der Waals surface area contributed by atoms with Crippen LogP contribution >= 0.6 is 0 Å². The van der Waals surface area contributed by atoms with Crippen LogP contribution in [-0.2, 0) is 5.54 Å². The number of piperazine rings is 1. The van der Waals surface area contributed by atoms with E-state index in [-0.39, 0.29) is 11.6 Å². The maximum Gasteiger partial charge on any atom is 0.173 e. The molecule has 2 heterocycles. The maximum absolute atomic E-state index is 4.51. The zero-order chi connectivity index (χ0) is 22.2. The van der Waals surface area contributed by atoms with E-state index in [1.165, 1.54) is 27.9 Å². The van der Waals surface area contributed by atoms with Gasteiger partial charge in [-0.1, -0.05) is 42.0 Å². The number of tetrazole rings is 1. The van der Waals surface area contributed by atoms with Gasteiger partial charge in [-0.25, -0.2) is 4.68 Å². The third-order valence-corrected chi connectivity index (χ3v) is 6.36. The molecule has 0 saturated carbocycles. The van der Waals surface area contributed by atoms with Crippen molar-refractivity contribution in [2.45, 2.75) is 53.1 Å². The molecule has 1 aromatic heterocycles. The van der Waals surface area contributed by atoms with Crippen LogP contribution in [0.1, 0.15) is 54.9 Å². The van der Waals surface area contributed by atoms with Gasteiger partial charge in [-0.3, -0.25) is 4.90 Å². The molecule has 164 valence electrons. The Labute approximate surface area is 185 Å². The molecule has 3 aromatic rings. The second-order valence-corrected chi connectivity index (χ2v) is 9.67. The molecule has 1 aliphatic heterocycles. The van der Waals surface area contributed by atoms with Gasteiger partial charge >= 0.3 is 0 Å². The van der Waals surface area contributed by atoms with E-state index in [2.05, 4.69) is 109 Å². The van der Waals surface area contributed by atoms with Crippen molar-refractivity contribution in [1.29, 1.82) is 0 Å². The van der Waals surface area contributed by atoms with Gasteiger partial charge in [0.2, 0.25) is 0 Å². The average molecular weight is 419 g/mol. The van der Waals surface area contributed by atoms with Crippen molar-refractivity contribution in [3.8, 4) is 0 Å². The van der Waals surface area contributed by atoms with Gasteiger partial charge in [0.25, 0.3) is 0 Å². The second-order valence-electron chi connectivity index (χ2n) is 9.67. The first kappa shape index (κ1) is 21.5. The maximum atomic E-state index is 4.51. The van der Waals surface area contributed by atoms with Crippen LogP contribution in [0.3, 0.4) is 0 Å². The molecule has 0 radical (unpaired) electrons. The predicted molar refractivity (Wildman–Crippen MR) is 126 cm³/mol. The molecule has 31 heavy (non-hydrogen) atoms. The quantitative estimate of drug-likeness (QED) is 0.633. The third-order valence-electron chi connectivity index (χ3n) is 6.36. The molecule has 1 saturated heterocycles. The summed E-state index contributed by atoms with van der Waals surface area (Å²) in [6.07, 6.45) is 0. The summed E-state index contributed by atoms with van der Waals surface area (Å²) in [5.74, 6) is 0.913. The van der Waals surface area contributed by atoms with Gasteiger partial charge in [-0.2, -0.15) is 0 Å². The first-order chi connectivity index (χ1) is 14.8. The Balaban J connectivity index is 1.64. The number of nitrogens with zero attached hydrogens (tertiary/aromatic N) is 6. The second kappa shape index (κ2) is 8.42. The van der Waals surface area contributed by atoms with Crippen molar-refractivity contribution in [2.75, 3.05) is 31.1 Å². The smallest absolute Gasteiger partial charge is 0.173 e. The molecular weight excluding hydrogens is 384 g/mol. The highest BCUT2D eigenvalue weighted by Crippen LogP contribution is 2.32. The summed E-state index contributed by atoms with van der Waals surface area (Å²) in [7, 11) is 0. The van der Waals surface area contributed by atoms with Crippen molar-refractivity contribution in [3.05, 3.63) is 70.5 Å². The average Bonchev–Trinajstić information content (AvgIpc) is 3.22. The minimum atomic E-state index is -0.178. The van der Waals surface area contributed by atoms with Crippen LogP contribution in [0.2, 0.25) is 0 Å². The lowest BCUT2D eigenvalue weighted by Crippen LogP contribution is -2.49. The topological polar surface area (TPSA) is 50.1 Å². The van der Waals surface area contributed by atoms with Gasteiger partial charge in [0.15, 0.2) is 5.82 Å². The van der Waals surface area contributed by atoms with Crippen molar-refractivity contribution < 1.29 is 0 Å². The van der Waals surface area contributed by atoms with Crippen molar-refractivity contribution >= 4 is 5.69 Å². The Kier molecular flexibility index (Phi) is 5.84. The van der Waals surface area contributed by atoms with Crippen LogP contribution in [0.4, 0.5) is 5.69 Å². The number of aromatic nitrogens is 4. The Morgan fingerprint density at radius 2 is 1.55 bits per heavy atom. The molecule has 1 fully saturated rings. The van der Waals surface area contributed by atoms with Crippen LogP contribution in [0, 0.1) is 20.8 Å². The molecule has 0 aliphatic carbocycles. The minimum Gasteiger partial charge on any atom is -0.369 e. The predicted octanol–water partition coefficient (Wildman–Crippen LogP) is 4.26. The van der Waals surface area contributed by atoms with Crippen LogP contribution in [0.15, 0.2) is 42.5 Å². The lowest BCUT2D eigenvalue weighted by Gasteiger charge is -2.41. The molecule has 4 rings (SSSR count). The van der Waals surface area contributed by atoms with E-state index in [0.717, 1.165) is 32.0 Å². The number of benzene rings is 2. The van der Waals surface area contributed by atoms with Crippen molar-refractivity contribution in [3.63, 3.8) is 0 Å². The van der Waals surface area contributed by atoms with Gasteiger partial charge in [0.1, 0.15) is 0 Å². The van der Waals surface area contributed by atoms with Gasteiger partial charge < -0.3 is 4.90 Å². The first-order valence-corrected chi connectivity index (χ1v) is 11.2. The standard InChI is InChI=1S/C25H34N6/c1-18-10-12-21(13-11-18)23(24-26-27-28-31(24)25(4,5)6)30-16-14-29(15-17-30)22-9-7-8-19(2)20(22)3/h7-13,23H,14-17H2,1-6H3. The molecule has 1 unspecified atom stereocenters. The first-order valence-electron chi connectivity index (χ1n) is 11.2. The van der Waals surface area contributed by atoms with Gasteiger partial charge in [0, 0.05) is 31.9 Å². The number of hydrogen-bond acceptors (Lipinski definition) is 5. The van der Waals surface area contributed by atoms with Gasteiger partial charge in [-0.15, -0.1) is 5.10 Å². The fraction of sp³-hybridized carbons (Fsp3) is 0.480. The summed E-state index contributed by atoms with van der Waals surface area (Å²) in [5, 5.41) is 12.9. The summed E-state index contributed by atoms with van der Waals surface area (Å²) in [4.78, 5) is 5.04. The molecular formula is C25H34N6. The van der Waals surface area contributed by atoms with Crippen molar-refractivity contribution in [1.82, 2.24) is 25.1 Å². The molecule has 1 aliphatic rings. The van der Waals surface area contributed by atoms with E-state index < -0.39 is 0 Å². The zero-order valence-electron chi connectivity index (χ0n) is 19.6. The normalized spacial score (nSPS) is 16.5. The molecule has 6 nitrogen and oxygen atoms in total. The summed E-state index contributed by atoms with van der Waals surface area (Å²) in [6.45, 7) is 16.9. The molecule has 1 atom stereocenters. The van der Waals surface area contributed by atoms with Crippen molar-refractivity contribution in [2.24, 2.45) is 0 Å². The lowest BCUT2D eigenvalue weighted by atomic mass is 10.00. The fourth-order valence-corrected chi connectivity index (χ4v) is 4.41. The van der Waals surface area contributed by atoms with E-state index in [1.807, 2.05) is 4.68 Å². The fourth-order valence-electron chi connectivity index (χ4n) is 4.41. The number of aryl methyl sites for hydroxylation is 2. The van der Waals surface area contributed by atoms with Gasteiger partial charge in [0.05, 0.1) is 11.6 Å². The minimum absolute atomic E-state index is 0.0376. The van der Waals surface area contributed by atoms with E-state index in [0.29, 0.717) is 0 Å². The Morgan fingerprint density at radius 1 is 0.871 bits per heavy atom. The van der Waals surface area contributed by atoms with Crippen LogP contribution in [0.25, 0.3) is 0 Å². The van der Waals surface area contributed by atoms with Crippen LogP contribution in [0.5, 0.6) is 0 Å². The highest BCUT2D eigenvalue weighted by atomic mass is 15.6. The molecule has 0 spiro atoms. The summed E-state index contributed by atoms with van der Waals surface area (Å²) in [5.41, 5.74) is 6.40. The van der Waals surface area contributed by atoms with Gasteiger partial charge in [-0.05, 0) is 74.7 Å². The third kappa shape index (κ3) is 4.35. The number of hydrogen-bond donors (Lipinski definition) is 0. The zero-order valence-corrected chi connectivity index (χ0v) is 19.6. The number of anilines is 1. The molecule has 0 bridgehead atoms. The van der Waals surface area contributed by atoms with E-state index >= 15 is 0 Å². The lowest BCUT2D eigenvalue weighted by molar-refractivity contribution is 0.191. The van der Waals surface area contributed by atoms with E-state index in [9.17, 15) is 0 Å². The van der Waals surface area contributed by atoms with Crippen LogP contribution in [-0.4, -0.2) is 51.3 Å². The number of rotatable bonds is 4. The SMILES string of the molecule is Cc1ccc(C(c2nnnn2C(C)(C)C)N2CCN(c3cccc(C)c3C)CC2)cc1. The Morgan fingerprint density at radius 3 is 2.19 bits per heavy atom. The summed E-state index contributed by atoms with van der Waals surface area (Å²) < 4.78 is 1.98. The Hall–Kier alpha value is -2.73. The molecule has 0 amide bonds. The van der Waals surface area contributed by atoms with E-state index in [4.69, 9.17) is 0 Å². The molecule has 2 aromatic carbocycles. The molecule has 6 heteroatoms. The summed E-state index contributed by atoms with van der Waals surface area (Å²) in [6, 6.07) is 15.4. The highest BCUT2D eigenvalue weighted by molar-refractivity contribution is 5.56. The Bertz CT molecular complexity index is 1020. The highest BCUT2D eigenvalue weighted by Gasteiger charge is 2.33. The monoisotopic (exact) mass is 418 g/mol. The molecule has 0 N–H and O–H groups in total. The summed E-state index contributed by atoms with van der Waals surface area (Å²) >= 11 is 0. The largest absolute Gasteiger partial charge is 0.369 e.